The normalized spacial score (nSPS) is 23.8. The number of likely N-dealkylation sites (tertiary alicyclic amines) is 1. The van der Waals surface area contributed by atoms with Crippen LogP contribution in [0, 0.1) is 11.8 Å². The maximum atomic E-state index is 14.1. The lowest BCUT2D eigenvalue weighted by Crippen LogP contribution is -2.58. The zero-order valence-electron chi connectivity index (χ0n) is 35.6. The van der Waals surface area contributed by atoms with Crippen molar-refractivity contribution in [3.05, 3.63) is 65.9 Å². The predicted molar refractivity (Wildman–Crippen MR) is 225 cm³/mol. The quantitative estimate of drug-likeness (QED) is 0.112. The summed E-state index contributed by atoms with van der Waals surface area (Å²) in [6.07, 6.45) is 2.87. The Morgan fingerprint density at radius 1 is 0.952 bits per heavy atom. The molecule has 0 radical (unpaired) electrons. The number of carbonyl (C=O) groups excluding carboxylic acids is 4. The summed E-state index contributed by atoms with van der Waals surface area (Å²) in [5, 5.41) is 7.01. The van der Waals surface area contributed by atoms with Gasteiger partial charge in [0.2, 0.25) is 11.8 Å². The second kappa shape index (κ2) is 16.8. The van der Waals surface area contributed by atoms with Gasteiger partial charge < -0.3 is 49.3 Å². The molecule has 8 unspecified atom stereocenters. The molecule has 3 saturated heterocycles. The third-order valence-corrected chi connectivity index (χ3v) is 13.4. The van der Waals surface area contributed by atoms with E-state index in [1.165, 1.54) is 21.1 Å². The van der Waals surface area contributed by atoms with Crippen LogP contribution in [0.1, 0.15) is 82.2 Å². The number of hydrogen-bond acceptors (Lipinski definition) is 10. The lowest BCUT2D eigenvalue weighted by molar-refractivity contribution is -0.178. The maximum Gasteiger partial charge on any atom is 0.407 e. The molecule has 18 heteroatoms. The van der Waals surface area contributed by atoms with Crippen molar-refractivity contribution in [3.63, 3.8) is 0 Å². The molecule has 5 aromatic rings. The minimum Gasteiger partial charge on any atom is -0.488 e. The zero-order valence-corrected chi connectivity index (χ0v) is 35.6. The van der Waals surface area contributed by atoms with Crippen LogP contribution in [0.3, 0.4) is 0 Å². The number of amides is 4. The van der Waals surface area contributed by atoms with Gasteiger partial charge in [-0.05, 0) is 98.2 Å². The van der Waals surface area contributed by atoms with Gasteiger partial charge in [-0.25, -0.2) is 19.6 Å². The molecule has 9 rings (SSSR count). The molecule has 8 atom stereocenters. The monoisotopic (exact) mass is 868 g/mol. The van der Waals surface area contributed by atoms with Crippen LogP contribution < -0.4 is 15.4 Å². The molecular weight excluding hydrogens is 819 g/mol. The van der Waals surface area contributed by atoms with Crippen LogP contribution in [-0.4, -0.2) is 105 Å². The summed E-state index contributed by atoms with van der Waals surface area (Å²) in [5.74, 6) is 0.317. The molecule has 4 amide bonds. The van der Waals surface area contributed by atoms with Crippen molar-refractivity contribution in [2.24, 2.45) is 11.8 Å². The van der Waals surface area contributed by atoms with Crippen LogP contribution in [0.2, 0.25) is 0 Å². The molecule has 4 aliphatic heterocycles. The number of benzene rings is 3. The fourth-order valence-corrected chi connectivity index (χ4v) is 10.2. The van der Waals surface area contributed by atoms with E-state index < -0.39 is 48.8 Å². The number of fused-ring (bicyclic) bond motifs is 7. The Bertz CT molecular complexity index is 2600. The Balaban J connectivity index is 0.958. The molecule has 332 valence electrons. The number of imidazole rings is 2. The van der Waals surface area contributed by atoms with Gasteiger partial charge in [-0.15, -0.1) is 0 Å². The first-order valence-electron chi connectivity index (χ1n) is 21.3. The fourth-order valence-electron chi connectivity index (χ4n) is 10.2. The molecule has 0 aliphatic carbocycles. The summed E-state index contributed by atoms with van der Waals surface area (Å²) in [7, 11) is 2.47. The Kier molecular flexibility index (Phi) is 11.2. The molecule has 2 aromatic heterocycles. The average Bonchev–Trinajstić information content (AvgIpc) is 4.09. The van der Waals surface area contributed by atoms with E-state index in [2.05, 4.69) is 43.5 Å². The number of alkyl halides is 2. The van der Waals surface area contributed by atoms with E-state index in [0.29, 0.717) is 42.4 Å². The van der Waals surface area contributed by atoms with Gasteiger partial charge in [-0.1, -0.05) is 25.1 Å². The minimum atomic E-state index is -3.10. The predicted octanol–water partition coefficient (Wildman–Crippen LogP) is 7.11. The van der Waals surface area contributed by atoms with Crippen molar-refractivity contribution in [2.45, 2.75) is 102 Å². The first kappa shape index (κ1) is 42.0. The largest absolute Gasteiger partial charge is 0.488 e. The van der Waals surface area contributed by atoms with Gasteiger partial charge in [-0.2, -0.15) is 8.78 Å². The van der Waals surface area contributed by atoms with Crippen molar-refractivity contribution < 1.29 is 46.9 Å². The van der Waals surface area contributed by atoms with Gasteiger partial charge in [0.15, 0.2) is 0 Å². The Hall–Kier alpha value is -6.30. The first-order valence-corrected chi connectivity index (χ1v) is 21.3. The number of piperidine rings is 1. The van der Waals surface area contributed by atoms with E-state index in [0.717, 1.165) is 63.5 Å². The van der Waals surface area contributed by atoms with Gasteiger partial charge in [0, 0.05) is 29.6 Å². The summed E-state index contributed by atoms with van der Waals surface area (Å²) in [6.45, 7) is 2.27. The smallest absolute Gasteiger partial charge is 0.407 e. The number of hydrogen-bond donors (Lipinski definition) is 4. The van der Waals surface area contributed by atoms with Crippen LogP contribution in [0.15, 0.2) is 48.7 Å². The van der Waals surface area contributed by atoms with Crippen molar-refractivity contribution in [1.29, 1.82) is 0 Å². The molecule has 0 spiro atoms. The Morgan fingerprint density at radius 3 is 2.52 bits per heavy atom. The molecule has 4 N–H and O–H groups in total. The highest BCUT2D eigenvalue weighted by Gasteiger charge is 2.48. The summed E-state index contributed by atoms with van der Waals surface area (Å²) in [6, 6.07) is 12.8. The Morgan fingerprint density at radius 2 is 1.75 bits per heavy atom. The van der Waals surface area contributed by atoms with Crippen LogP contribution in [0.4, 0.5) is 18.4 Å². The highest BCUT2D eigenvalue weighted by molar-refractivity contribution is 6.07. The number of carbonyl (C=O) groups is 4. The van der Waals surface area contributed by atoms with Gasteiger partial charge in [0.05, 0.1) is 61.2 Å². The number of nitrogens with zero attached hydrogens (tertiary/aromatic N) is 4. The van der Waals surface area contributed by atoms with E-state index >= 15 is 0 Å². The van der Waals surface area contributed by atoms with Crippen molar-refractivity contribution in [3.8, 4) is 28.1 Å². The van der Waals surface area contributed by atoms with Gasteiger partial charge >= 0.3 is 18.8 Å². The standard InChI is InChI=1S/C45H50F2N8O8/c1-21-14-27-9-13-34(55(27)42(57)37(21)53-45(59)61-5)39-48-19-33(51-39)25-7-10-28-26(15-25)20-62-36-17-29-24(16-30(28)36)8-11-32-38(29)52-40(50-32)35-12-6-22(2)54(35)41(56)31(18-49-44(58)60-4)23(3)63-43(46)47/h7-8,10-11,15-17,19,21-23,27,31,34-35,37,43H,6,9,12-14,18,20H2,1-5H3,(H,48,51)(H,49,58)(H,50,52)(H,53,59). The summed E-state index contributed by atoms with van der Waals surface area (Å²) in [4.78, 5) is 72.0. The first-order chi connectivity index (χ1) is 30.3. The third kappa shape index (κ3) is 7.67. The third-order valence-electron chi connectivity index (χ3n) is 13.4. The number of rotatable bonds is 10. The van der Waals surface area contributed by atoms with Crippen molar-refractivity contribution in [1.82, 2.24) is 40.4 Å². The summed E-state index contributed by atoms with van der Waals surface area (Å²) >= 11 is 0. The van der Waals surface area contributed by atoms with Gasteiger partial charge in [-0.3, -0.25) is 9.59 Å². The number of aromatic amines is 2. The molecule has 63 heavy (non-hydrogen) atoms. The van der Waals surface area contributed by atoms with E-state index in [4.69, 9.17) is 24.2 Å². The molecule has 3 aromatic carbocycles. The number of H-pyrrole nitrogens is 2. The van der Waals surface area contributed by atoms with Crippen LogP contribution in [0.5, 0.6) is 5.75 Å². The average molecular weight is 869 g/mol. The van der Waals surface area contributed by atoms with Crippen molar-refractivity contribution >= 4 is 45.8 Å². The summed E-state index contributed by atoms with van der Waals surface area (Å²) in [5.41, 5.74) is 6.21. The molecule has 4 aliphatic rings. The van der Waals surface area contributed by atoms with E-state index in [9.17, 15) is 28.0 Å². The molecule has 0 bridgehead atoms. The molecular formula is C45H50F2N8O8. The Labute approximate surface area is 361 Å². The SMILES string of the molecule is COC(=O)NCC(C(=O)N1C(C)CCC1c1nc2c(ccc3cc4c(cc32)OCc2cc(-c3cnc(C5CCC6CC(C)C(NC(=O)OC)C(=O)N65)[nH]3)ccc2-4)[nH]1)C(C)OC(F)F. The fraction of sp³-hybridized carbons (Fsp3) is 0.467. The summed E-state index contributed by atoms with van der Waals surface area (Å²) < 4.78 is 47.2. The van der Waals surface area contributed by atoms with Crippen LogP contribution >= 0.6 is 0 Å². The van der Waals surface area contributed by atoms with E-state index in [-0.39, 0.29) is 36.5 Å². The van der Waals surface area contributed by atoms with Gasteiger partial charge in [0.1, 0.15) is 30.0 Å². The number of alkyl carbamates (subject to hydrolysis) is 2. The van der Waals surface area contributed by atoms with E-state index in [1.807, 2.05) is 43.0 Å². The second-order valence-electron chi connectivity index (χ2n) is 17.1. The molecule has 6 heterocycles. The topological polar surface area (TPSA) is 193 Å². The van der Waals surface area contributed by atoms with Crippen LogP contribution in [0.25, 0.3) is 44.2 Å². The van der Waals surface area contributed by atoms with Gasteiger partial charge in [0.25, 0.3) is 0 Å². The van der Waals surface area contributed by atoms with Crippen LogP contribution in [-0.2, 0) is 30.4 Å². The molecule has 3 fully saturated rings. The number of methoxy groups -OCH3 is 2. The molecule has 16 nitrogen and oxygen atoms in total. The lowest BCUT2D eigenvalue weighted by atomic mass is 9.88. The number of nitrogens with one attached hydrogen (secondary N) is 4. The number of ether oxygens (including phenoxy) is 4. The zero-order chi connectivity index (χ0) is 44.3. The van der Waals surface area contributed by atoms with Crippen molar-refractivity contribution in [2.75, 3.05) is 20.8 Å². The number of aromatic nitrogens is 4. The molecule has 0 saturated carbocycles. The van der Waals surface area contributed by atoms with E-state index in [1.54, 1.807) is 11.1 Å². The lowest BCUT2D eigenvalue weighted by Gasteiger charge is -2.41. The maximum absolute atomic E-state index is 14.1. The number of halogens is 2. The highest BCUT2D eigenvalue weighted by atomic mass is 19.3. The second-order valence-corrected chi connectivity index (χ2v) is 17.1. The highest BCUT2D eigenvalue weighted by Crippen LogP contribution is 2.45. The minimum absolute atomic E-state index is 0.0132.